The lowest BCUT2D eigenvalue weighted by atomic mass is 9.94. The highest BCUT2D eigenvalue weighted by atomic mass is 79.9. The number of hydrogen-bond acceptors (Lipinski definition) is 3. The van der Waals surface area contributed by atoms with E-state index in [9.17, 15) is 8.42 Å². The zero-order valence-electron chi connectivity index (χ0n) is 10.5. The van der Waals surface area contributed by atoms with Crippen LogP contribution in [0.2, 0.25) is 0 Å². The second kappa shape index (κ2) is 5.16. The Morgan fingerprint density at radius 1 is 1.26 bits per heavy atom. The highest BCUT2D eigenvalue weighted by molar-refractivity contribution is 9.10. The molecular weight excluding hydrogens is 328 g/mol. The van der Waals surface area contributed by atoms with Crippen LogP contribution in [0.3, 0.4) is 0 Å². The Morgan fingerprint density at radius 3 is 2.79 bits per heavy atom. The fourth-order valence-electron chi connectivity index (χ4n) is 3.00. The van der Waals surface area contributed by atoms with Crippen LogP contribution in [-0.2, 0) is 10.0 Å². The highest BCUT2D eigenvalue weighted by Gasteiger charge is 2.40. The Hall–Kier alpha value is -0.430. The van der Waals surface area contributed by atoms with Crippen LogP contribution in [0, 0.1) is 5.92 Å². The third-order valence-electron chi connectivity index (χ3n) is 4.02. The molecule has 104 valence electrons. The molecule has 2 atom stereocenters. The van der Waals surface area contributed by atoms with Gasteiger partial charge in [-0.05, 0) is 53.4 Å². The van der Waals surface area contributed by atoms with Gasteiger partial charge in [0.2, 0.25) is 10.0 Å². The monoisotopic (exact) mass is 344 g/mol. The molecule has 2 aliphatic heterocycles. The number of halogens is 1. The highest BCUT2D eigenvalue weighted by Crippen LogP contribution is 2.31. The molecule has 2 heterocycles. The number of benzene rings is 1. The van der Waals surface area contributed by atoms with Gasteiger partial charge in [0.15, 0.2) is 0 Å². The van der Waals surface area contributed by atoms with Crippen molar-refractivity contribution in [3.05, 3.63) is 28.7 Å². The lowest BCUT2D eigenvalue weighted by molar-refractivity contribution is 0.339. The molecule has 0 unspecified atom stereocenters. The van der Waals surface area contributed by atoms with Gasteiger partial charge < -0.3 is 5.32 Å². The second-order valence-corrected chi connectivity index (χ2v) is 7.98. The number of rotatable bonds is 2. The number of fused-ring (bicyclic) bond motifs is 1. The van der Waals surface area contributed by atoms with Crippen molar-refractivity contribution in [1.82, 2.24) is 9.62 Å². The average molecular weight is 345 g/mol. The van der Waals surface area contributed by atoms with Gasteiger partial charge in [-0.15, -0.1) is 0 Å². The second-order valence-electron chi connectivity index (χ2n) is 5.22. The molecule has 4 nitrogen and oxygen atoms in total. The first-order valence-corrected chi connectivity index (χ1v) is 8.80. The minimum Gasteiger partial charge on any atom is -0.312 e. The summed E-state index contributed by atoms with van der Waals surface area (Å²) in [5, 5.41) is 3.43. The van der Waals surface area contributed by atoms with E-state index >= 15 is 0 Å². The summed E-state index contributed by atoms with van der Waals surface area (Å²) in [7, 11) is -3.38. The first-order chi connectivity index (χ1) is 9.09. The van der Waals surface area contributed by atoms with Crippen molar-refractivity contribution in [2.45, 2.75) is 23.8 Å². The van der Waals surface area contributed by atoms with Crippen molar-refractivity contribution in [2.75, 3.05) is 19.6 Å². The summed E-state index contributed by atoms with van der Waals surface area (Å²) < 4.78 is 27.6. The Labute approximate surface area is 122 Å². The summed E-state index contributed by atoms with van der Waals surface area (Å²) in [5.41, 5.74) is 0. The summed E-state index contributed by atoms with van der Waals surface area (Å²) in [5.74, 6) is 0.464. The molecule has 1 N–H and O–H groups in total. The number of piperidine rings is 1. The zero-order valence-corrected chi connectivity index (χ0v) is 13.0. The molecule has 0 bridgehead atoms. The molecule has 3 rings (SSSR count). The molecule has 0 radical (unpaired) electrons. The lowest BCUT2D eigenvalue weighted by Gasteiger charge is -2.24. The smallest absolute Gasteiger partial charge is 0.244 e. The maximum Gasteiger partial charge on any atom is 0.244 e. The summed E-state index contributed by atoms with van der Waals surface area (Å²) >= 11 is 3.33. The van der Waals surface area contributed by atoms with Crippen LogP contribution < -0.4 is 5.32 Å². The number of nitrogens with one attached hydrogen (secondary N) is 1. The SMILES string of the molecule is O=S(=O)(c1ccccc1Br)N1C[C@@H]2CCCN[C@@H]2C1. The summed E-state index contributed by atoms with van der Waals surface area (Å²) in [6, 6.07) is 7.35. The molecule has 0 spiro atoms. The summed E-state index contributed by atoms with van der Waals surface area (Å²) in [6.07, 6.45) is 2.27. The van der Waals surface area contributed by atoms with Gasteiger partial charge in [0, 0.05) is 23.6 Å². The van der Waals surface area contributed by atoms with Crippen LogP contribution in [0.25, 0.3) is 0 Å². The summed E-state index contributed by atoms with van der Waals surface area (Å²) in [6.45, 7) is 2.24. The van der Waals surface area contributed by atoms with Gasteiger partial charge in [0.05, 0.1) is 4.90 Å². The minimum absolute atomic E-state index is 0.325. The maximum atomic E-state index is 12.7. The quantitative estimate of drug-likeness (QED) is 0.890. The van der Waals surface area contributed by atoms with Crippen molar-refractivity contribution in [1.29, 1.82) is 0 Å². The molecule has 0 saturated carbocycles. The van der Waals surface area contributed by atoms with E-state index in [1.54, 1.807) is 22.5 Å². The van der Waals surface area contributed by atoms with E-state index in [-0.39, 0.29) is 0 Å². The van der Waals surface area contributed by atoms with Crippen LogP contribution in [0.15, 0.2) is 33.6 Å². The van der Waals surface area contributed by atoms with Gasteiger partial charge in [-0.2, -0.15) is 4.31 Å². The molecule has 0 aliphatic carbocycles. The maximum absolute atomic E-state index is 12.7. The van der Waals surface area contributed by atoms with Crippen LogP contribution >= 0.6 is 15.9 Å². The zero-order chi connectivity index (χ0) is 13.5. The molecule has 2 fully saturated rings. The molecular formula is C13H17BrN2O2S. The van der Waals surface area contributed by atoms with E-state index in [0.29, 0.717) is 34.4 Å². The molecule has 1 aromatic carbocycles. The van der Waals surface area contributed by atoms with E-state index < -0.39 is 10.0 Å². The Balaban J connectivity index is 1.88. The van der Waals surface area contributed by atoms with Gasteiger partial charge in [-0.25, -0.2) is 8.42 Å². The number of hydrogen-bond donors (Lipinski definition) is 1. The van der Waals surface area contributed by atoms with Gasteiger partial charge in [-0.3, -0.25) is 0 Å². The molecule has 19 heavy (non-hydrogen) atoms. The molecule has 0 amide bonds. The molecule has 6 heteroatoms. The normalized spacial score (nSPS) is 28.3. The molecule has 0 aromatic heterocycles. The fourth-order valence-corrected chi connectivity index (χ4v) is 5.48. The third-order valence-corrected chi connectivity index (χ3v) is 6.86. The first-order valence-electron chi connectivity index (χ1n) is 6.57. The van der Waals surface area contributed by atoms with E-state index in [1.165, 1.54) is 0 Å². The third kappa shape index (κ3) is 2.46. The Kier molecular flexibility index (Phi) is 3.68. The van der Waals surface area contributed by atoms with E-state index in [4.69, 9.17) is 0 Å². The molecule has 2 saturated heterocycles. The standard InChI is InChI=1S/C13H17BrN2O2S/c14-11-5-1-2-6-13(11)19(17,18)16-8-10-4-3-7-15-12(10)9-16/h1-2,5-6,10,12,15H,3-4,7-9H2/t10-,12+/m0/s1. The van der Waals surface area contributed by atoms with Crippen molar-refractivity contribution >= 4 is 26.0 Å². The Bertz CT molecular complexity index is 562. The lowest BCUT2D eigenvalue weighted by Crippen LogP contribution is -2.41. The average Bonchev–Trinajstić information content (AvgIpc) is 2.83. The van der Waals surface area contributed by atoms with Crippen molar-refractivity contribution in [2.24, 2.45) is 5.92 Å². The number of nitrogens with zero attached hydrogens (tertiary/aromatic N) is 1. The largest absolute Gasteiger partial charge is 0.312 e. The predicted octanol–water partition coefficient (Wildman–Crippen LogP) is 1.82. The number of sulfonamides is 1. The topological polar surface area (TPSA) is 49.4 Å². The predicted molar refractivity (Wildman–Crippen MR) is 77.4 cm³/mol. The minimum atomic E-state index is -3.38. The van der Waals surface area contributed by atoms with Crippen molar-refractivity contribution in [3.8, 4) is 0 Å². The van der Waals surface area contributed by atoms with E-state index in [1.807, 2.05) is 6.07 Å². The van der Waals surface area contributed by atoms with Crippen LogP contribution in [0.1, 0.15) is 12.8 Å². The molecule has 2 aliphatic rings. The van der Waals surface area contributed by atoms with Gasteiger partial charge in [0.25, 0.3) is 0 Å². The van der Waals surface area contributed by atoms with Crippen molar-refractivity contribution < 1.29 is 8.42 Å². The van der Waals surface area contributed by atoms with Crippen LogP contribution in [0.4, 0.5) is 0 Å². The van der Waals surface area contributed by atoms with Crippen LogP contribution in [0.5, 0.6) is 0 Å². The van der Waals surface area contributed by atoms with Crippen molar-refractivity contribution in [3.63, 3.8) is 0 Å². The van der Waals surface area contributed by atoms with Gasteiger partial charge in [-0.1, -0.05) is 12.1 Å². The Morgan fingerprint density at radius 2 is 2.05 bits per heavy atom. The van der Waals surface area contributed by atoms with Gasteiger partial charge in [0.1, 0.15) is 0 Å². The van der Waals surface area contributed by atoms with E-state index in [0.717, 1.165) is 19.4 Å². The summed E-state index contributed by atoms with van der Waals surface area (Å²) in [4.78, 5) is 0.369. The van der Waals surface area contributed by atoms with Gasteiger partial charge >= 0.3 is 0 Å². The van der Waals surface area contributed by atoms with E-state index in [2.05, 4.69) is 21.2 Å². The molecule has 1 aromatic rings. The van der Waals surface area contributed by atoms with Crippen LogP contribution in [-0.4, -0.2) is 38.4 Å². The fraction of sp³-hybridized carbons (Fsp3) is 0.538. The first kappa shape index (κ1) is 13.5.